The molecule has 1 aliphatic carbocycles. The second-order valence-electron chi connectivity index (χ2n) is 7.53. The highest BCUT2D eigenvalue weighted by atomic mass is 32.2. The van der Waals surface area contributed by atoms with Gasteiger partial charge in [-0.2, -0.15) is 0 Å². The fourth-order valence-electron chi connectivity index (χ4n) is 3.03. The second-order valence-corrected chi connectivity index (χ2v) is 8.91. The van der Waals surface area contributed by atoms with Crippen molar-refractivity contribution in [1.29, 1.82) is 0 Å². The van der Waals surface area contributed by atoms with Crippen LogP contribution in [0.2, 0.25) is 0 Å². The molecule has 0 saturated carbocycles. The standard InChI is InChI=1S/C11H19NS.C9H13N.C6H6N2O.C2H2/c1-3-12-11(13-4-2)10-8-6-5-7-9-10;1-7(2)8-3-5-9(10)6-4-8;9-5-8-6-3-1-2-4-7-6;1-2/h3,8,11-12H,1,4-7,9H2,2H3;3-7H,10H2,1-2H3;1-5H,(H,7,8,9);1-2H. The summed E-state index contributed by atoms with van der Waals surface area (Å²) in [5.74, 6) is 2.33. The van der Waals surface area contributed by atoms with E-state index in [9.17, 15) is 4.79 Å². The Bertz CT molecular complexity index is 832. The number of hydrogen-bond donors (Lipinski definition) is 3. The van der Waals surface area contributed by atoms with Gasteiger partial charge in [-0.1, -0.05) is 51.6 Å². The number of carbonyl (C=O) groups excluding carboxylic acids is 1. The Hall–Kier alpha value is -3.17. The minimum atomic E-state index is 0.475. The Morgan fingerprint density at radius 2 is 1.88 bits per heavy atom. The van der Waals surface area contributed by atoms with Crippen molar-refractivity contribution in [3.8, 4) is 12.8 Å². The lowest BCUT2D eigenvalue weighted by atomic mass is 9.99. The number of carbonyl (C=O) groups is 1. The minimum Gasteiger partial charge on any atom is -0.399 e. The lowest BCUT2D eigenvalue weighted by Gasteiger charge is -2.22. The number of pyridine rings is 1. The van der Waals surface area contributed by atoms with Crippen LogP contribution in [0.1, 0.15) is 57.9 Å². The predicted molar refractivity (Wildman–Crippen MR) is 151 cm³/mol. The molecule has 1 aromatic carbocycles. The number of rotatable bonds is 8. The van der Waals surface area contributed by atoms with Crippen LogP contribution in [0.15, 0.2) is 73.1 Å². The first-order valence-corrected chi connectivity index (χ1v) is 12.5. The predicted octanol–water partition coefficient (Wildman–Crippen LogP) is 6.59. The van der Waals surface area contributed by atoms with E-state index in [0.717, 1.165) is 11.4 Å². The van der Waals surface area contributed by atoms with Gasteiger partial charge in [0.05, 0.1) is 5.37 Å². The van der Waals surface area contributed by atoms with E-state index in [1.54, 1.807) is 30.0 Å². The molecular weight excluding hydrogens is 440 g/mol. The molecule has 34 heavy (non-hydrogen) atoms. The summed E-state index contributed by atoms with van der Waals surface area (Å²) in [6.45, 7) is 10.3. The van der Waals surface area contributed by atoms with Crippen LogP contribution in [0.25, 0.3) is 0 Å². The van der Waals surface area contributed by atoms with Crippen molar-refractivity contribution in [2.24, 2.45) is 0 Å². The van der Waals surface area contributed by atoms with E-state index in [1.807, 2.05) is 30.1 Å². The largest absolute Gasteiger partial charge is 0.399 e. The van der Waals surface area contributed by atoms with Crippen molar-refractivity contribution in [2.75, 3.05) is 16.8 Å². The molecule has 0 bridgehead atoms. The second kappa shape index (κ2) is 20.4. The molecule has 0 fully saturated rings. The van der Waals surface area contributed by atoms with Crippen molar-refractivity contribution in [1.82, 2.24) is 10.3 Å². The quantitative estimate of drug-likeness (QED) is 0.131. The number of nitrogens with one attached hydrogen (secondary N) is 2. The number of allylic oxidation sites excluding steroid dienone is 1. The van der Waals surface area contributed by atoms with Crippen molar-refractivity contribution in [2.45, 2.75) is 57.7 Å². The van der Waals surface area contributed by atoms with Gasteiger partial charge in [0.1, 0.15) is 5.82 Å². The van der Waals surface area contributed by atoms with Gasteiger partial charge in [-0.3, -0.25) is 4.79 Å². The highest BCUT2D eigenvalue weighted by Crippen LogP contribution is 2.26. The summed E-state index contributed by atoms with van der Waals surface area (Å²) in [4.78, 5) is 13.6. The molecule has 1 aliphatic rings. The van der Waals surface area contributed by atoms with Crippen molar-refractivity contribution >= 4 is 29.7 Å². The monoisotopic (exact) mass is 480 g/mol. The summed E-state index contributed by atoms with van der Waals surface area (Å²) >= 11 is 1.96. The lowest BCUT2D eigenvalue weighted by Crippen LogP contribution is -2.24. The number of hydrogen-bond acceptors (Lipinski definition) is 5. The highest BCUT2D eigenvalue weighted by molar-refractivity contribution is 8.00. The van der Waals surface area contributed by atoms with Gasteiger partial charge in [-0.05, 0) is 79.0 Å². The van der Waals surface area contributed by atoms with Gasteiger partial charge in [0.2, 0.25) is 6.41 Å². The summed E-state index contributed by atoms with van der Waals surface area (Å²) < 4.78 is 0. The first-order chi connectivity index (χ1) is 16.5. The summed E-state index contributed by atoms with van der Waals surface area (Å²) in [6, 6.07) is 13.3. The maximum Gasteiger partial charge on any atom is 0.212 e. The first-order valence-electron chi connectivity index (χ1n) is 11.5. The normalized spacial score (nSPS) is 12.6. The maximum absolute atomic E-state index is 9.82. The number of nitrogens with zero attached hydrogens (tertiary/aromatic N) is 1. The van der Waals surface area contributed by atoms with Crippen LogP contribution < -0.4 is 16.4 Å². The number of anilines is 2. The Labute approximate surface area is 210 Å². The number of benzene rings is 1. The molecule has 0 radical (unpaired) electrons. The van der Waals surface area contributed by atoms with Crippen LogP contribution in [0.5, 0.6) is 0 Å². The SMILES string of the molecule is C#C.C=CNC(SCC)C1=CCCCC1.CC(C)c1ccc(N)cc1.O=CNc1ccccn1. The average molecular weight is 481 g/mol. The van der Waals surface area contributed by atoms with Crippen LogP contribution in [-0.2, 0) is 4.79 Å². The van der Waals surface area contributed by atoms with Crippen molar-refractivity contribution in [3.05, 3.63) is 78.7 Å². The Morgan fingerprint density at radius 1 is 1.18 bits per heavy atom. The number of terminal acetylenes is 1. The van der Waals surface area contributed by atoms with Gasteiger partial charge in [-0.25, -0.2) is 4.98 Å². The Morgan fingerprint density at radius 3 is 2.35 bits per heavy atom. The Kier molecular flexibility index (Phi) is 18.5. The number of nitrogen functional groups attached to an aromatic ring is 1. The van der Waals surface area contributed by atoms with Gasteiger partial charge >= 0.3 is 0 Å². The third kappa shape index (κ3) is 14.1. The highest BCUT2D eigenvalue weighted by Gasteiger charge is 2.13. The van der Waals surface area contributed by atoms with E-state index in [4.69, 9.17) is 5.73 Å². The fourth-order valence-corrected chi connectivity index (χ4v) is 3.98. The smallest absolute Gasteiger partial charge is 0.212 e. The third-order valence-electron chi connectivity index (χ3n) is 4.74. The van der Waals surface area contributed by atoms with Crippen LogP contribution in [0.3, 0.4) is 0 Å². The molecule has 0 spiro atoms. The molecule has 6 heteroatoms. The molecule has 1 amide bonds. The molecule has 2 aromatic rings. The van der Waals surface area contributed by atoms with Crippen LogP contribution in [0, 0.1) is 12.8 Å². The van der Waals surface area contributed by atoms with Crippen LogP contribution in [0.4, 0.5) is 11.5 Å². The van der Waals surface area contributed by atoms with Gasteiger partial charge < -0.3 is 16.4 Å². The molecule has 1 aromatic heterocycles. The first kappa shape index (κ1) is 30.8. The molecular formula is C28H40N4OS. The molecule has 0 aliphatic heterocycles. The van der Waals surface area contributed by atoms with Crippen LogP contribution >= 0.6 is 11.8 Å². The lowest BCUT2D eigenvalue weighted by molar-refractivity contribution is -0.105. The zero-order valence-corrected chi connectivity index (χ0v) is 21.6. The minimum absolute atomic E-state index is 0.475. The van der Waals surface area contributed by atoms with Gasteiger partial charge in [0, 0.05) is 11.9 Å². The zero-order valence-electron chi connectivity index (χ0n) is 20.7. The summed E-state index contributed by atoms with van der Waals surface area (Å²) in [5, 5.41) is 6.20. The van der Waals surface area contributed by atoms with E-state index < -0.39 is 0 Å². The molecule has 3 rings (SSSR count). The molecule has 5 nitrogen and oxygen atoms in total. The van der Waals surface area contributed by atoms with E-state index in [1.165, 1.54) is 31.2 Å². The summed E-state index contributed by atoms with van der Waals surface area (Å²) in [6.07, 6.45) is 19.7. The van der Waals surface area contributed by atoms with E-state index in [0.29, 0.717) is 23.5 Å². The van der Waals surface area contributed by atoms with Crippen LogP contribution in [-0.4, -0.2) is 22.5 Å². The topological polar surface area (TPSA) is 80.0 Å². The van der Waals surface area contributed by atoms with Crippen molar-refractivity contribution in [3.63, 3.8) is 0 Å². The molecule has 1 heterocycles. The number of thioether (sulfide) groups is 1. The number of nitrogens with two attached hydrogens (primary N) is 1. The van der Waals surface area contributed by atoms with E-state index >= 15 is 0 Å². The molecule has 1 unspecified atom stereocenters. The van der Waals surface area contributed by atoms with Gasteiger partial charge in [0.15, 0.2) is 0 Å². The van der Waals surface area contributed by atoms with E-state index in [2.05, 4.69) is 74.0 Å². The van der Waals surface area contributed by atoms with Crippen molar-refractivity contribution < 1.29 is 4.79 Å². The van der Waals surface area contributed by atoms with Gasteiger partial charge in [-0.15, -0.1) is 24.6 Å². The summed E-state index contributed by atoms with van der Waals surface area (Å²) in [7, 11) is 0. The third-order valence-corrected chi connectivity index (χ3v) is 5.85. The molecule has 1 atom stereocenters. The fraction of sp³-hybridized carbons (Fsp3) is 0.357. The number of amides is 1. The zero-order chi connectivity index (χ0) is 25.6. The van der Waals surface area contributed by atoms with Gasteiger partial charge in [0.25, 0.3) is 0 Å². The average Bonchev–Trinajstić information content (AvgIpc) is 2.88. The molecule has 0 saturated heterocycles. The molecule has 184 valence electrons. The Balaban J connectivity index is 0.000000471. The maximum atomic E-state index is 9.82. The molecule has 4 N–H and O–H groups in total. The number of aromatic nitrogens is 1. The summed E-state index contributed by atoms with van der Waals surface area (Å²) in [5.41, 5.74) is 9.27. The van der Waals surface area contributed by atoms with E-state index in [-0.39, 0.29) is 0 Å².